The van der Waals surface area contributed by atoms with Gasteiger partial charge >= 0.3 is 0 Å². The van der Waals surface area contributed by atoms with E-state index in [1.54, 1.807) is 0 Å². The largest absolute Gasteiger partial charge is 0.790 e. The minimum Gasteiger partial charge on any atom is -0.790 e. The number of unbranched alkanes of at least 4 members (excludes halogenated alkanes) is 3. The van der Waals surface area contributed by atoms with Crippen LogP contribution in [0, 0.1) is 0 Å². The summed E-state index contributed by atoms with van der Waals surface area (Å²) < 4.78 is 13.9. The lowest BCUT2D eigenvalue weighted by Gasteiger charge is -2.28. The summed E-state index contributed by atoms with van der Waals surface area (Å²) in [6.45, 7) is 2.08. The zero-order valence-electron chi connectivity index (χ0n) is 7.62. The molecule has 0 aromatic rings. The van der Waals surface area contributed by atoms with Crippen LogP contribution in [0.4, 0.5) is 0 Å². The van der Waals surface area contributed by atoms with Crippen molar-refractivity contribution in [1.82, 2.24) is 6.15 Å². The molecule has 0 aliphatic rings. The van der Waals surface area contributed by atoms with Crippen molar-refractivity contribution in [2.24, 2.45) is 0 Å². The van der Waals surface area contributed by atoms with Crippen molar-refractivity contribution in [3.8, 4) is 0 Å². The number of phosphoric ester groups is 1. The van der Waals surface area contributed by atoms with Crippen LogP contribution in [0.3, 0.4) is 0 Å². The Kier molecular flexibility index (Phi) is 9.37. The quantitative estimate of drug-likeness (QED) is 0.502. The highest BCUT2D eigenvalue weighted by Gasteiger charge is 1.91. The Morgan fingerprint density at radius 2 is 1.83 bits per heavy atom. The zero-order valence-corrected chi connectivity index (χ0v) is 8.51. The van der Waals surface area contributed by atoms with E-state index in [1.165, 1.54) is 0 Å². The second kappa shape index (κ2) is 7.71. The molecule has 0 bridgehead atoms. The van der Waals surface area contributed by atoms with E-state index >= 15 is 0 Å². The predicted molar refractivity (Wildman–Crippen MR) is 43.7 cm³/mol. The summed E-state index contributed by atoms with van der Waals surface area (Å²) in [7, 11) is -4.71. The molecule has 0 amide bonds. The monoisotopic (exact) mass is 198 g/mol. The van der Waals surface area contributed by atoms with Gasteiger partial charge in [0, 0.05) is 0 Å². The molecule has 0 fully saturated rings. The van der Waals surface area contributed by atoms with Crippen molar-refractivity contribution in [3.63, 3.8) is 0 Å². The molecular weight excluding hydrogens is 181 g/mol. The SMILES string of the molecule is CCCCCCOP(=O)([O-])[O-].[NH4+]. The first kappa shape index (κ1) is 14.6. The fourth-order valence-corrected chi connectivity index (χ4v) is 1.06. The van der Waals surface area contributed by atoms with Crippen LogP contribution in [-0.4, -0.2) is 6.61 Å². The van der Waals surface area contributed by atoms with Crippen LogP contribution < -0.4 is 15.9 Å². The summed E-state index contributed by atoms with van der Waals surface area (Å²) in [4.78, 5) is 19.8. The lowest BCUT2D eigenvalue weighted by Crippen LogP contribution is -2.16. The molecule has 0 saturated carbocycles. The normalized spacial score (nSPS) is 10.9. The van der Waals surface area contributed by atoms with Gasteiger partial charge in [-0.25, -0.2) is 0 Å². The fraction of sp³-hybridized carbons (Fsp3) is 1.00. The second-order valence-electron chi connectivity index (χ2n) is 2.34. The fourth-order valence-electron chi connectivity index (χ4n) is 0.705. The van der Waals surface area contributed by atoms with Gasteiger partial charge in [0.1, 0.15) is 0 Å². The molecule has 0 radical (unpaired) electrons. The number of hydrogen-bond acceptors (Lipinski definition) is 4. The third-order valence-electron chi connectivity index (χ3n) is 1.25. The highest BCUT2D eigenvalue weighted by atomic mass is 31.2. The molecule has 6 heteroatoms. The van der Waals surface area contributed by atoms with Gasteiger partial charge < -0.3 is 25.0 Å². The molecule has 4 N–H and O–H groups in total. The van der Waals surface area contributed by atoms with Gasteiger partial charge in [-0.1, -0.05) is 26.2 Å². The third kappa shape index (κ3) is 12.7. The molecule has 76 valence electrons. The lowest BCUT2D eigenvalue weighted by molar-refractivity contribution is -0.341. The number of rotatable bonds is 6. The zero-order chi connectivity index (χ0) is 8.74. The molecule has 0 aliphatic heterocycles. The average Bonchev–Trinajstić information content (AvgIpc) is 1.85. The highest BCUT2D eigenvalue weighted by molar-refractivity contribution is 7.43. The minimum atomic E-state index is -4.71. The van der Waals surface area contributed by atoms with Crippen LogP contribution in [0.1, 0.15) is 32.6 Å². The van der Waals surface area contributed by atoms with Gasteiger partial charge in [-0.15, -0.1) is 0 Å². The van der Waals surface area contributed by atoms with E-state index in [1.807, 2.05) is 6.92 Å². The van der Waals surface area contributed by atoms with E-state index < -0.39 is 7.82 Å². The van der Waals surface area contributed by atoms with Crippen LogP contribution >= 0.6 is 7.82 Å². The first-order valence-electron chi connectivity index (χ1n) is 3.73. The lowest BCUT2D eigenvalue weighted by atomic mass is 10.2. The van der Waals surface area contributed by atoms with Crippen LogP contribution in [0.5, 0.6) is 0 Å². The number of quaternary nitrogens is 1. The number of phosphoric acid groups is 1. The van der Waals surface area contributed by atoms with Gasteiger partial charge in [-0.3, -0.25) is 0 Å². The van der Waals surface area contributed by atoms with Crippen molar-refractivity contribution in [2.45, 2.75) is 32.6 Å². The maximum atomic E-state index is 9.91. The molecule has 5 nitrogen and oxygen atoms in total. The van der Waals surface area contributed by atoms with Gasteiger partial charge in [0.15, 0.2) is 0 Å². The number of hydrogen-bond donors (Lipinski definition) is 1. The summed E-state index contributed by atoms with van der Waals surface area (Å²) in [6, 6.07) is 0. The molecule has 0 aromatic carbocycles. The van der Waals surface area contributed by atoms with Crippen LogP contribution in [0.25, 0.3) is 0 Å². The maximum Gasteiger partial charge on any atom is 0.0596 e. The summed E-state index contributed by atoms with van der Waals surface area (Å²) in [5, 5.41) is 0. The Labute approximate surface area is 73.0 Å². The summed E-state index contributed by atoms with van der Waals surface area (Å²) >= 11 is 0. The Morgan fingerprint density at radius 1 is 1.25 bits per heavy atom. The molecule has 12 heavy (non-hydrogen) atoms. The van der Waals surface area contributed by atoms with Crippen LogP contribution in [0.2, 0.25) is 0 Å². The van der Waals surface area contributed by atoms with Gasteiger partial charge in [-0.05, 0) is 6.42 Å². The van der Waals surface area contributed by atoms with Gasteiger partial charge in [0.2, 0.25) is 0 Å². The van der Waals surface area contributed by atoms with E-state index in [0.717, 1.165) is 19.3 Å². The Hall–Kier alpha value is 0.0700. The smallest absolute Gasteiger partial charge is 0.0596 e. The van der Waals surface area contributed by atoms with Gasteiger partial charge in [0.25, 0.3) is 0 Å². The molecule has 0 atom stereocenters. The van der Waals surface area contributed by atoms with Gasteiger partial charge in [0.05, 0.1) is 14.4 Å². The van der Waals surface area contributed by atoms with Crippen LogP contribution in [0.15, 0.2) is 0 Å². The average molecular weight is 198 g/mol. The molecule has 0 spiro atoms. The molecule has 0 aromatic heterocycles. The van der Waals surface area contributed by atoms with Gasteiger partial charge in [-0.2, -0.15) is 0 Å². The first-order valence-corrected chi connectivity index (χ1v) is 5.19. The molecule has 0 unspecified atom stereocenters. The first-order chi connectivity index (χ1) is 5.06. The standard InChI is InChI=1S/C6H15O4P.H3N/c1-2-3-4-5-6-10-11(7,8)9;/h2-6H2,1H3,(H2,7,8,9);1H3/p-1. The van der Waals surface area contributed by atoms with E-state index in [4.69, 9.17) is 0 Å². The molecule has 0 aliphatic carbocycles. The minimum absolute atomic E-state index is 0. The Balaban J connectivity index is 0. The Bertz CT molecular complexity index is 136. The molecular formula is C6H17NO4P-. The Morgan fingerprint density at radius 3 is 2.25 bits per heavy atom. The second-order valence-corrected chi connectivity index (χ2v) is 3.49. The molecule has 0 saturated heterocycles. The van der Waals surface area contributed by atoms with Crippen molar-refractivity contribution in [3.05, 3.63) is 0 Å². The van der Waals surface area contributed by atoms with Crippen molar-refractivity contribution >= 4 is 7.82 Å². The maximum absolute atomic E-state index is 9.91. The van der Waals surface area contributed by atoms with Crippen molar-refractivity contribution in [1.29, 1.82) is 0 Å². The van der Waals surface area contributed by atoms with Crippen molar-refractivity contribution in [2.75, 3.05) is 6.61 Å². The van der Waals surface area contributed by atoms with Crippen molar-refractivity contribution < 1.29 is 18.9 Å². The topological polar surface area (TPSA) is 109 Å². The van der Waals surface area contributed by atoms with E-state index in [-0.39, 0.29) is 12.8 Å². The van der Waals surface area contributed by atoms with E-state index in [9.17, 15) is 14.4 Å². The molecule has 0 heterocycles. The highest BCUT2D eigenvalue weighted by Crippen LogP contribution is 2.24. The van der Waals surface area contributed by atoms with E-state index in [0.29, 0.717) is 6.42 Å². The predicted octanol–water partition coefficient (Wildman–Crippen LogP) is 0.788. The van der Waals surface area contributed by atoms with E-state index in [2.05, 4.69) is 4.52 Å². The third-order valence-corrected chi connectivity index (χ3v) is 1.75. The molecule has 0 rings (SSSR count). The summed E-state index contributed by atoms with van der Waals surface area (Å²) in [5.41, 5.74) is 0. The van der Waals surface area contributed by atoms with Crippen LogP contribution in [-0.2, 0) is 9.09 Å². The summed E-state index contributed by atoms with van der Waals surface area (Å²) in [6.07, 6.45) is 3.68. The summed E-state index contributed by atoms with van der Waals surface area (Å²) in [5.74, 6) is 0.